The summed E-state index contributed by atoms with van der Waals surface area (Å²) in [6.45, 7) is 1.87. The third-order valence-corrected chi connectivity index (χ3v) is 4.09. The number of aromatic nitrogens is 2. The van der Waals surface area contributed by atoms with Crippen LogP contribution in [0.5, 0.6) is 11.5 Å². The molecule has 26 heavy (non-hydrogen) atoms. The van der Waals surface area contributed by atoms with Crippen molar-refractivity contribution in [1.82, 2.24) is 9.97 Å². The molecule has 1 aromatic heterocycles. The summed E-state index contributed by atoms with van der Waals surface area (Å²) in [5.74, 6) is 2.74. The monoisotopic (exact) mass is 351 g/mol. The van der Waals surface area contributed by atoms with Crippen LogP contribution in [0.15, 0.2) is 47.5 Å². The first-order valence-corrected chi connectivity index (χ1v) is 8.68. The summed E-state index contributed by atoms with van der Waals surface area (Å²) in [5, 5.41) is 3.09. The number of nitrogens with zero attached hydrogens (tertiary/aromatic N) is 2. The number of fused-ring (bicyclic) bond motifs is 2. The molecule has 0 aliphatic carbocycles. The second kappa shape index (κ2) is 7.35. The fourth-order valence-electron chi connectivity index (χ4n) is 2.83. The van der Waals surface area contributed by atoms with E-state index in [0.717, 1.165) is 40.5 Å². The summed E-state index contributed by atoms with van der Waals surface area (Å²) in [7, 11) is 0. The Kier molecular flexibility index (Phi) is 4.59. The Labute approximate surface area is 151 Å². The van der Waals surface area contributed by atoms with Gasteiger partial charge in [0, 0.05) is 31.1 Å². The van der Waals surface area contributed by atoms with Gasteiger partial charge in [0.15, 0.2) is 17.5 Å². The Balaban J connectivity index is 1.36. The van der Waals surface area contributed by atoms with Crippen molar-refractivity contribution in [3.8, 4) is 11.5 Å². The summed E-state index contributed by atoms with van der Waals surface area (Å²) in [6, 6.07) is 13.6. The van der Waals surface area contributed by atoms with Gasteiger partial charge in [-0.05, 0) is 24.3 Å². The zero-order chi connectivity index (χ0) is 17.8. The third-order valence-electron chi connectivity index (χ3n) is 4.09. The number of hydrogen-bond acceptors (Lipinski definition) is 4. The number of guanidine groups is 1. The van der Waals surface area contributed by atoms with Crippen LogP contribution in [0, 0.1) is 0 Å². The second-order valence-corrected chi connectivity index (χ2v) is 6.05. The summed E-state index contributed by atoms with van der Waals surface area (Å²) in [4.78, 5) is 12.2. The van der Waals surface area contributed by atoms with Gasteiger partial charge in [-0.15, -0.1) is 0 Å². The van der Waals surface area contributed by atoms with Crippen LogP contribution in [0.2, 0.25) is 0 Å². The fraction of sp³-hybridized carbons (Fsp3) is 0.263. The highest BCUT2D eigenvalue weighted by Gasteiger charge is 2.10. The maximum atomic E-state index is 5.99. The molecule has 4 rings (SSSR count). The molecule has 0 saturated heterocycles. The van der Waals surface area contributed by atoms with Crippen LogP contribution in [0.1, 0.15) is 12.2 Å². The largest absolute Gasteiger partial charge is 0.490 e. The lowest BCUT2D eigenvalue weighted by Gasteiger charge is -2.10. The zero-order valence-electron chi connectivity index (χ0n) is 14.4. The highest BCUT2D eigenvalue weighted by molar-refractivity contribution is 5.92. The molecule has 0 bridgehead atoms. The zero-order valence-corrected chi connectivity index (χ0v) is 14.4. The average Bonchev–Trinajstić information content (AvgIpc) is 2.91. The van der Waals surface area contributed by atoms with Gasteiger partial charge in [0.2, 0.25) is 0 Å². The fourth-order valence-corrected chi connectivity index (χ4v) is 2.83. The molecular formula is C19H21N5O2. The number of anilines is 1. The van der Waals surface area contributed by atoms with Crippen LogP contribution >= 0.6 is 0 Å². The molecule has 2 aromatic carbocycles. The second-order valence-electron chi connectivity index (χ2n) is 6.05. The predicted octanol–water partition coefficient (Wildman–Crippen LogP) is 2.69. The summed E-state index contributed by atoms with van der Waals surface area (Å²) in [5.41, 5.74) is 8.80. The van der Waals surface area contributed by atoms with Crippen LogP contribution in [0.25, 0.3) is 11.0 Å². The van der Waals surface area contributed by atoms with Crippen LogP contribution in [-0.4, -0.2) is 35.7 Å². The van der Waals surface area contributed by atoms with Gasteiger partial charge >= 0.3 is 0 Å². The van der Waals surface area contributed by atoms with E-state index < -0.39 is 0 Å². The number of imidazole rings is 1. The highest BCUT2D eigenvalue weighted by atomic mass is 16.5. The molecule has 4 N–H and O–H groups in total. The van der Waals surface area contributed by atoms with E-state index in [1.165, 1.54) is 0 Å². The van der Waals surface area contributed by atoms with Gasteiger partial charge in [0.1, 0.15) is 5.82 Å². The SMILES string of the molecule is NC(=NCCc1nc2ccccc2[nH]1)Nc1ccc2c(c1)OCCCO2. The number of benzene rings is 2. The molecule has 7 heteroatoms. The van der Waals surface area contributed by atoms with E-state index in [1.807, 2.05) is 42.5 Å². The maximum Gasteiger partial charge on any atom is 0.193 e. The van der Waals surface area contributed by atoms with E-state index in [-0.39, 0.29) is 0 Å². The minimum Gasteiger partial charge on any atom is -0.490 e. The average molecular weight is 351 g/mol. The molecule has 7 nitrogen and oxygen atoms in total. The van der Waals surface area contributed by atoms with Crippen LogP contribution in [0.4, 0.5) is 5.69 Å². The van der Waals surface area contributed by atoms with Crippen molar-refractivity contribution in [2.45, 2.75) is 12.8 Å². The molecule has 0 amide bonds. The maximum absolute atomic E-state index is 5.99. The Bertz CT molecular complexity index is 902. The van der Waals surface area contributed by atoms with Gasteiger partial charge in [0.25, 0.3) is 0 Å². The number of aliphatic imine (C=N–C) groups is 1. The van der Waals surface area contributed by atoms with Crippen molar-refractivity contribution in [2.75, 3.05) is 25.1 Å². The van der Waals surface area contributed by atoms with E-state index >= 15 is 0 Å². The van der Waals surface area contributed by atoms with E-state index in [2.05, 4.69) is 20.3 Å². The topological polar surface area (TPSA) is 97.6 Å². The number of hydrogen-bond donors (Lipinski definition) is 3. The predicted molar refractivity (Wildman–Crippen MR) is 102 cm³/mol. The van der Waals surface area contributed by atoms with Crippen LogP contribution < -0.4 is 20.5 Å². The van der Waals surface area contributed by atoms with Gasteiger partial charge in [-0.1, -0.05) is 12.1 Å². The van der Waals surface area contributed by atoms with E-state index in [1.54, 1.807) is 0 Å². The Morgan fingerprint density at radius 1 is 1.15 bits per heavy atom. The number of nitrogens with two attached hydrogens (primary N) is 1. The van der Waals surface area contributed by atoms with Crippen LogP contribution in [0.3, 0.4) is 0 Å². The third kappa shape index (κ3) is 3.72. The first kappa shape index (κ1) is 16.3. The highest BCUT2D eigenvalue weighted by Crippen LogP contribution is 2.32. The summed E-state index contributed by atoms with van der Waals surface area (Å²) >= 11 is 0. The van der Waals surface area contributed by atoms with Gasteiger partial charge in [-0.2, -0.15) is 0 Å². The molecule has 3 aromatic rings. The molecule has 0 atom stereocenters. The minimum absolute atomic E-state index is 0.357. The normalized spacial score (nSPS) is 14.2. The van der Waals surface area contributed by atoms with Crippen LogP contribution in [-0.2, 0) is 6.42 Å². The smallest absolute Gasteiger partial charge is 0.193 e. The Morgan fingerprint density at radius 2 is 2.00 bits per heavy atom. The molecule has 0 unspecified atom stereocenters. The minimum atomic E-state index is 0.357. The van der Waals surface area contributed by atoms with Gasteiger partial charge in [-0.25, -0.2) is 4.98 Å². The van der Waals surface area contributed by atoms with E-state index in [0.29, 0.717) is 32.1 Å². The standard InChI is InChI=1S/C19H21N5O2/c20-19(21-9-8-18-23-14-4-1-2-5-15(14)24-18)22-13-6-7-16-17(12-13)26-11-3-10-25-16/h1-2,4-7,12H,3,8-11H2,(H,23,24)(H3,20,21,22). The van der Waals surface area contributed by atoms with Crippen molar-refractivity contribution >= 4 is 22.7 Å². The molecule has 0 fully saturated rings. The number of H-pyrrole nitrogens is 1. The molecular weight excluding hydrogens is 330 g/mol. The number of nitrogens with one attached hydrogen (secondary N) is 2. The lowest BCUT2D eigenvalue weighted by atomic mass is 10.3. The first-order chi connectivity index (χ1) is 12.8. The lowest BCUT2D eigenvalue weighted by Crippen LogP contribution is -2.23. The first-order valence-electron chi connectivity index (χ1n) is 8.68. The molecule has 0 radical (unpaired) electrons. The summed E-state index contributed by atoms with van der Waals surface area (Å²) < 4.78 is 11.3. The van der Waals surface area contributed by atoms with Crippen molar-refractivity contribution in [1.29, 1.82) is 0 Å². The van der Waals surface area contributed by atoms with Crippen molar-refractivity contribution in [3.63, 3.8) is 0 Å². The molecule has 2 heterocycles. The molecule has 0 spiro atoms. The van der Waals surface area contributed by atoms with E-state index in [9.17, 15) is 0 Å². The molecule has 0 saturated carbocycles. The van der Waals surface area contributed by atoms with Gasteiger partial charge < -0.3 is 25.5 Å². The van der Waals surface area contributed by atoms with Crippen molar-refractivity contribution < 1.29 is 9.47 Å². The quantitative estimate of drug-likeness (QED) is 0.496. The van der Waals surface area contributed by atoms with Crippen molar-refractivity contribution in [2.24, 2.45) is 10.7 Å². The number of aromatic amines is 1. The Hall–Kier alpha value is -3.22. The lowest BCUT2D eigenvalue weighted by molar-refractivity contribution is 0.297. The molecule has 134 valence electrons. The van der Waals surface area contributed by atoms with E-state index in [4.69, 9.17) is 15.2 Å². The number of para-hydroxylation sites is 2. The number of ether oxygens (including phenoxy) is 2. The Morgan fingerprint density at radius 3 is 2.88 bits per heavy atom. The molecule has 1 aliphatic rings. The summed E-state index contributed by atoms with van der Waals surface area (Å²) in [6.07, 6.45) is 1.57. The number of rotatable bonds is 4. The van der Waals surface area contributed by atoms with Gasteiger partial charge in [-0.3, -0.25) is 4.99 Å². The molecule has 1 aliphatic heterocycles. The van der Waals surface area contributed by atoms with Gasteiger partial charge in [0.05, 0.1) is 24.2 Å². The van der Waals surface area contributed by atoms with Crippen molar-refractivity contribution in [3.05, 3.63) is 48.3 Å².